The summed E-state index contributed by atoms with van der Waals surface area (Å²) in [4.78, 5) is 15.7. The smallest absolute Gasteiger partial charge is 0.164 e. The van der Waals surface area contributed by atoms with Crippen LogP contribution >= 0.6 is 0 Å². The zero-order chi connectivity index (χ0) is 45.0. The summed E-state index contributed by atoms with van der Waals surface area (Å²) >= 11 is 0. The van der Waals surface area contributed by atoms with Crippen molar-refractivity contribution in [3.05, 3.63) is 249 Å². The number of aromatic nitrogens is 5. The molecule has 0 fully saturated rings. The molecule has 13 aromatic rings. The van der Waals surface area contributed by atoms with Crippen LogP contribution in [0.4, 0.5) is 0 Å². The molecule has 0 aliphatic carbocycles. The molecule has 0 spiro atoms. The lowest BCUT2D eigenvalue weighted by molar-refractivity contribution is 1.07. The highest BCUT2D eigenvalue weighted by atomic mass is 15.0. The molecule has 0 radical (unpaired) electrons. The van der Waals surface area contributed by atoms with E-state index >= 15 is 0 Å². The maximum absolute atomic E-state index is 5.30. The molecular formula is C63H41N5. The Kier molecular flexibility index (Phi) is 9.43. The number of para-hydroxylation sites is 4. The molecule has 0 N–H and O–H groups in total. The Hall–Kier alpha value is -9.19. The summed E-state index contributed by atoms with van der Waals surface area (Å²) in [6, 6.07) is 88.3. The van der Waals surface area contributed by atoms with Crippen LogP contribution in [0.2, 0.25) is 0 Å². The minimum atomic E-state index is 0.600. The van der Waals surface area contributed by atoms with Crippen LogP contribution in [0.25, 0.3) is 123 Å². The zero-order valence-corrected chi connectivity index (χ0v) is 36.9. The van der Waals surface area contributed by atoms with Gasteiger partial charge >= 0.3 is 0 Å². The maximum Gasteiger partial charge on any atom is 0.164 e. The van der Waals surface area contributed by atoms with Crippen molar-refractivity contribution in [1.82, 2.24) is 24.1 Å². The predicted molar refractivity (Wildman–Crippen MR) is 281 cm³/mol. The summed E-state index contributed by atoms with van der Waals surface area (Å²) in [7, 11) is 0. The summed E-state index contributed by atoms with van der Waals surface area (Å²) in [5.74, 6) is 1.82. The summed E-state index contributed by atoms with van der Waals surface area (Å²) in [5.41, 5.74) is 16.3. The zero-order valence-electron chi connectivity index (χ0n) is 36.9. The van der Waals surface area contributed by atoms with Gasteiger partial charge in [0, 0.05) is 49.5 Å². The Morgan fingerprint density at radius 1 is 0.235 bits per heavy atom. The lowest BCUT2D eigenvalue weighted by Crippen LogP contribution is -2.01. The minimum Gasteiger partial charge on any atom is -0.309 e. The topological polar surface area (TPSA) is 48.5 Å². The van der Waals surface area contributed by atoms with Gasteiger partial charge in [-0.3, -0.25) is 0 Å². The Morgan fingerprint density at radius 2 is 0.618 bits per heavy atom. The molecule has 318 valence electrons. The van der Waals surface area contributed by atoms with Crippen molar-refractivity contribution in [2.45, 2.75) is 0 Å². The van der Waals surface area contributed by atoms with E-state index in [0.29, 0.717) is 17.5 Å². The molecule has 5 heteroatoms. The molecule has 13 rings (SSSR count). The summed E-state index contributed by atoms with van der Waals surface area (Å²) in [5, 5.41) is 4.87. The van der Waals surface area contributed by atoms with E-state index in [1.165, 1.54) is 32.7 Å². The van der Waals surface area contributed by atoms with Gasteiger partial charge in [-0.1, -0.05) is 188 Å². The fourth-order valence-corrected chi connectivity index (χ4v) is 9.99. The Balaban J connectivity index is 0.990. The molecule has 10 aromatic carbocycles. The van der Waals surface area contributed by atoms with Gasteiger partial charge in [-0.25, -0.2) is 15.0 Å². The Bertz CT molecular complexity index is 3930. The molecule has 0 saturated carbocycles. The first-order valence-corrected chi connectivity index (χ1v) is 23.0. The second kappa shape index (κ2) is 16.4. The van der Waals surface area contributed by atoms with E-state index in [-0.39, 0.29) is 0 Å². The number of hydrogen-bond donors (Lipinski definition) is 0. The highest BCUT2D eigenvalue weighted by molar-refractivity contribution is 6.10. The average Bonchev–Trinajstić information content (AvgIpc) is 3.94. The van der Waals surface area contributed by atoms with E-state index < -0.39 is 0 Å². The number of benzene rings is 10. The SMILES string of the molecule is c1ccc(-c2cccc(-c3ccc(-n4c5ccccc5c5ccccc54)c(-c4cccc(-c5nc(-c6ccccc6)nc(-c6cccc(-n7c8ccccc8c8ccccc87)c6)n5)c4)c3)c2)cc1. The van der Waals surface area contributed by atoms with Crippen LogP contribution in [0.1, 0.15) is 0 Å². The van der Waals surface area contributed by atoms with Crippen LogP contribution in [0.3, 0.4) is 0 Å². The summed E-state index contributed by atoms with van der Waals surface area (Å²) < 4.78 is 4.74. The van der Waals surface area contributed by atoms with Crippen molar-refractivity contribution in [2.24, 2.45) is 0 Å². The van der Waals surface area contributed by atoms with E-state index in [4.69, 9.17) is 15.0 Å². The van der Waals surface area contributed by atoms with Crippen LogP contribution in [0.5, 0.6) is 0 Å². The maximum atomic E-state index is 5.30. The molecule has 0 atom stereocenters. The van der Waals surface area contributed by atoms with Crippen LogP contribution < -0.4 is 0 Å². The monoisotopic (exact) mass is 867 g/mol. The standard InChI is InChI=1S/C63H41N5/c1-3-18-42(19-4-1)44-22-15-23-45(38-44)46-36-37-60(68-58-34-13-9-30-53(58)54-31-10-14-35-59(54)68)55(41-46)47-24-16-25-48(39-47)62-64-61(43-20-5-2-6-21-43)65-63(66-62)49-26-17-27-50(40-49)67-56-32-11-7-28-51(56)52-29-8-12-33-57(52)67/h1-41H. The van der Waals surface area contributed by atoms with Gasteiger partial charge in [-0.2, -0.15) is 0 Å². The number of rotatable bonds is 8. The summed E-state index contributed by atoms with van der Waals surface area (Å²) in [6.45, 7) is 0. The number of hydrogen-bond acceptors (Lipinski definition) is 3. The van der Waals surface area contributed by atoms with Gasteiger partial charge < -0.3 is 9.13 Å². The van der Waals surface area contributed by atoms with Crippen LogP contribution in [0.15, 0.2) is 249 Å². The van der Waals surface area contributed by atoms with E-state index in [1.807, 2.05) is 18.2 Å². The Morgan fingerprint density at radius 3 is 1.19 bits per heavy atom. The fourth-order valence-electron chi connectivity index (χ4n) is 9.99. The molecule has 0 unspecified atom stereocenters. The van der Waals surface area contributed by atoms with E-state index in [0.717, 1.165) is 72.4 Å². The summed E-state index contributed by atoms with van der Waals surface area (Å²) in [6.07, 6.45) is 0. The second-order valence-electron chi connectivity index (χ2n) is 17.2. The third-order valence-electron chi connectivity index (χ3n) is 13.2. The highest BCUT2D eigenvalue weighted by Crippen LogP contribution is 2.40. The molecule has 5 nitrogen and oxygen atoms in total. The lowest BCUT2D eigenvalue weighted by Gasteiger charge is -2.17. The third kappa shape index (κ3) is 6.76. The Labute approximate surface area is 393 Å². The van der Waals surface area contributed by atoms with Gasteiger partial charge in [0.2, 0.25) is 0 Å². The quantitative estimate of drug-likeness (QED) is 0.153. The van der Waals surface area contributed by atoms with Gasteiger partial charge in [0.1, 0.15) is 0 Å². The van der Waals surface area contributed by atoms with Crippen LogP contribution in [0, 0.1) is 0 Å². The normalized spacial score (nSPS) is 11.5. The molecule has 68 heavy (non-hydrogen) atoms. The second-order valence-corrected chi connectivity index (χ2v) is 17.2. The predicted octanol–water partition coefficient (Wildman–Crippen LogP) is 16.1. The van der Waals surface area contributed by atoms with Gasteiger partial charge in [-0.05, 0) is 88.5 Å². The van der Waals surface area contributed by atoms with E-state index in [2.05, 4.69) is 240 Å². The average molecular weight is 868 g/mol. The highest BCUT2D eigenvalue weighted by Gasteiger charge is 2.20. The van der Waals surface area contributed by atoms with E-state index in [9.17, 15) is 0 Å². The molecule has 3 heterocycles. The first-order chi connectivity index (χ1) is 33.7. The van der Waals surface area contributed by atoms with Crippen molar-refractivity contribution >= 4 is 43.6 Å². The first kappa shape index (κ1) is 39.2. The molecule has 0 amide bonds. The van der Waals surface area contributed by atoms with Crippen molar-refractivity contribution in [1.29, 1.82) is 0 Å². The molecule has 3 aromatic heterocycles. The molecule has 0 bridgehead atoms. The molecular weight excluding hydrogens is 827 g/mol. The fraction of sp³-hybridized carbons (Fsp3) is 0. The van der Waals surface area contributed by atoms with Crippen LogP contribution in [-0.4, -0.2) is 24.1 Å². The molecule has 0 saturated heterocycles. The van der Waals surface area contributed by atoms with Gasteiger partial charge in [0.05, 0.1) is 27.8 Å². The van der Waals surface area contributed by atoms with Crippen molar-refractivity contribution in [3.8, 4) is 78.9 Å². The van der Waals surface area contributed by atoms with Gasteiger partial charge in [-0.15, -0.1) is 0 Å². The molecule has 0 aliphatic rings. The minimum absolute atomic E-state index is 0.600. The van der Waals surface area contributed by atoms with Gasteiger partial charge in [0.15, 0.2) is 17.5 Å². The number of nitrogens with zero attached hydrogens (tertiary/aromatic N) is 5. The first-order valence-electron chi connectivity index (χ1n) is 23.0. The van der Waals surface area contributed by atoms with Crippen molar-refractivity contribution < 1.29 is 0 Å². The largest absolute Gasteiger partial charge is 0.309 e. The van der Waals surface area contributed by atoms with E-state index in [1.54, 1.807) is 0 Å². The third-order valence-corrected chi connectivity index (χ3v) is 13.2. The van der Waals surface area contributed by atoms with Gasteiger partial charge in [0.25, 0.3) is 0 Å². The lowest BCUT2D eigenvalue weighted by atomic mass is 9.94. The van der Waals surface area contributed by atoms with Crippen molar-refractivity contribution in [2.75, 3.05) is 0 Å². The number of fused-ring (bicyclic) bond motifs is 6. The van der Waals surface area contributed by atoms with Crippen molar-refractivity contribution in [3.63, 3.8) is 0 Å². The van der Waals surface area contributed by atoms with Crippen LogP contribution in [-0.2, 0) is 0 Å². The molecule has 0 aliphatic heterocycles.